The second-order valence-corrected chi connectivity index (χ2v) is 6.58. The van der Waals surface area contributed by atoms with Crippen molar-refractivity contribution in [3.05, 3.63) is 29.8 Å². The van der Waals surface area contributed by atoms with Gasteiger partial charge in [0, 0.05) is 11.6 Å². The Morgan fingerprint density at radius 2 is 2.00 bits per heavy atom. The summed E-state index contributed by atoms with van der Waals surface area (Å²) >= 11 is 0. The molecule has 1 aromatic carbocycles. The molecule has 2 saturated carbocycles. The summed E-state index contributed by atoms with van der Waals surface area (Å²) in [4.78, 5) is 12.6. The molecule has 5 atom stereocenters. The largest absolute Gasteiger partial charge is 0.434 e. The molecule has 0 spiro atoms. The number of amides is 1. The molecule has 5 unspecified atom stereocenters. The minimum absolute atomic E-state index is 0.0796. The van der Waals surface area contributed by atoms with Gasteiger partial charge >= 0.3 is 6.61 Å². The molecule has 2 aliphatic carbocycles. The van der Waals surface area contributed by atoms with Crippen molar-refractivity contribution in [1.29, 1.82) is 0 Å². The van der Waals surface area contributed by atoms with E-state index in [4.69, 9.17) is 5.73 Å². The smallest absolute Gasteiger partial charge is 0.387 e. The van der Waals surface area contributed by atoms with E-state index in [-0.39, 0.29) is 23.6 Å². The van der Waals surface area contributed by atoms with Crippen molar-refractivity contribution >= 4 is 5.91 Å². The number of halogens is 2. The second kappa shape index (κ2) is 6.43. The molecule has 0 aliphatic heterocycles. The highest BCUT2D eigenvalue weighted by atomic mass is 19.3. The van der Waals surface area contributed by atoms with E-state index in [1.807, 2.05) is 0 Å². The number of para-hydroxylation sites is 1. The van der Waals surface area contributed by atoms with Gasteiger partial charge in [-0.2, -0.15) is 8.78 Å². The molecule has 2 fully saturated rings. The fourth-order valence-corrected chi connectivity index (χ4v) is 4.15. The summed E-state index contributed by atoms with van der Waals surface area (Å²) < 4.78 is 29.5. The maximum Gasteiger partial charge on any atom is 0.387 e. The highest BCUT2D eigenvalue weighted by molar-refractivity contribution is 5.81. The predicted molar refractivity (Wildman–Crippen MR) is 81.9 cm³/mol. The normalized spacial score (nSPS) is 30.5. The van der Waals surface area contributed by atoms with Gasteiger partial charge in [-0.15, -0.1) is 0 Å². The number of hydrogen-bond donors (Lipinski definition) is 2. The van der Waals surface area contributed by atoms with E-state index in [0.29, 0.717) is 17.4 Å². The van der Waals surface area contributed by atoms with Crippen molar-refractivity contribution in [1.82, 2.24) is 5.32 Å². The van der Waals surface area contributed by atoms with E-state index >= 15 is 0 Å². The number of nitrogens with two attached hydrogens (primary N) is 1. The highest BCUT2D eigenvalue weighted by Crippen LogP contribution is 2.47. The van der Waals surface area contributed by atoms with Crippen LogP contribution in [-0.2, 0) is 4.79 Å². The molecule has 3 N–H and O–H groups in total. The van der Waals surface area contributed by atoms with Gasteiger partial charge in [0.1, 0.15) is 5.75 Å². The number of alkyl halides is 2. The van der Waals surface area contributed by atoms with Gasteiger partial charge in [-0.3, -0.25) is 4.79 Å². The van der Waals surface area contributed by atoms with Gasteiger partial charge in [-0.25, -0.2) is 0 Å². The van der Waals surface area contributed by atoms with E-state index in [1.54, 1.807) is 25.1 Å². The van der Waals surface area contributed by atoms with Crippen LogP contribution in [0.3, 0.4) is 0 Å². The fraction of sp³-hybridized carbons (Fsp3) is 0.588. The van der Waals surface area contributed by atoms with Crippen LogP contribution in [0.25, 0.3) is 0 Å². The van der Waals surface area contributed by atoms with Gasteiger partial charge in [0.05, 0.1) is 12.0 Å². The molecule has 0 heterocycles. The monoisotopic (exact) mass is 324 g/mol. The number of carbonyl (C=O) groups excluding carboxylic acids is 1. The first-order valence-corrected chi connectivity index (χ1v) is 8.07. The maximum atomic E-state index is 12.6. The first kappa shape index (κ1) is 16.2. The van der Waals surface area contributed by atoms with Crippen molar-refractivity contribution < 1.29 is 18.3 Å². The van der Waals surface area contributed by atoms with Crippen LogP contribution in [0.1, 0.15) is 37.8 Å². The summed E-state index contributed by atoms with van der Waals surface area (Å²) in [6.45, 7) is -1.12. The van der Waals surface area contributed by atoms with E-state index in [9.17, 15) is 13.6 Å². The zero-order chi connectivity index (χ0) is 16.6. The lowest BCUT2D eigenvalue weighted by Crippen LogP contribution is -2.45. The average molecular weight is 324 g/mol. The lowest BCUT2D eigenvalue weighted by Gasteiger charge is -2.28. The topological polar surface area (TPSA) is 64.4 Å². The van der Waals surface area contributed by atoms with Crippen LogP contribution >= 0.6 is 0 Å². The molecule has 1 aromatic rings. The number of benzene rings is 1. The zero-order valence-electron chi connectivity index (χ0n) is 13.0. The van der Waals surface area contributed by atoms with Crippen LogP contribution in [-0.4, -0.2) is 18.6 Å². The number of carbonyl (C=O) groups is 1. The molecule has 23 heavy (non-hydrogen) atoms. The van der Waals surface area contributed by atoms with Gasteiger partial charge in [0.25, 0.3) is 0 Å². The van der Waals surface area contributed by atoms with Crippen LogP contribution in [0, 0.1) is 17.8 Å². The summed E-state index contributed by atoms with van der Waals surface area (Å²) in [6.07, 6.45) is 3.19. The van der Waals surface area contributed by atoms with E-state index in [2.05, 4.69) is 10.1 Å². The van der Waals surface area contributed by atoms with Crippen molar-refractivity contribution in [3.8, 4) is 5.75 Å². The van der Waals surface area contributed by atoms with Crippen molar-refractivity contribution in [2.45, 2.75) is 44.9 Å². The van der Waals surface area contributed by atoms with Crippen molar-refractivity contribution in [3.63, 3.8) is 0 Å². The number of rotatable bonds is 5. The molecular formula is C17H22F2N2O2. The van der Waals surface area contributed by atoms with Crippen molar-refractivity contribution in [2.75, 3.05) is 0 Å². The van der Waals surface area contributed by atoms with Gasteiger partial charge in [-0.1, -0.05) is 18.2 Å². The molecule has 6 heteroatoms. The van der Waals surface area contributed by atoms with Crippen LogP contribution in [0.15, 0.2) is 24.3 Å². The Bertz CT molecular complexity index is 579. The second-order valence-electron chi connectivity index (χ2n) is 6.58. The molecule has 1 amide bonds. The summed E-state index contributed by atoms with van der Waals surface area (Å²) in [5, 5.41) is 2.92. The molecule has 4 nitrogen and oxygen atoms in total. The average Bonchev–Trinajstić information content (AvgIpc) is 3.07. The number of hydrogen-bond acceptors (Lipinski definition) is 3. The summed E-state index contributed by atoms with van der Waals surface area (Å²) in [7, 11) is 0. The van der Waals surface area contributed by atoms with Gasteiger partial charge in [-0.05, 0) is 44.1 Å². The van der Waals surface area contributed by atoms with E-state index < -0.39 is 12.7 Å². The molecule has 0 radical (unpaired) electrons. The quantitative estimate of drug-likeness (QED) is 0.875. The molecule has 2 bridgehead atoms. The molecule has 126 valence electrons. The van der Waals surface area contributed by atoms with E-state index in [1.165, 1.54) is 6.07 Å². The first-order valence-electron chi connectivity index (χ1n) is 8.07. The van der Waals surface area contributed by atoms with Crippen LogP contribution in [0.5, 0.6) is 5.75 Å². The van der Waals surface area contributed by atoms with Gasteiger partial charge in [0.2, 0.25) is 5.91 Å². The van der Waals surface area contributed by atoms with Crippen LogP contribution < -0.4 is 15.8 Å². The molecule has 0 aromatic heterocycles. The van der Waals surface area contributed by atoms with Gasteiger partial charge in [0.15, 0.2) is 0 Å². The SMILES string of the molecule is CC(NC(=O)C1C2CCC(C2)C1N)c1ccccc1OC(F)F. The Kier molecular flexibility index (Phi) is 4.53. The van der Waals surface area contributed by atoms with Crippen LogP contribution in [0.2, 0.25) is 0 Å². The molecule has 2 aliphatic rings. The fourth-order valence-electron chi connectivity index (χ4n) is 4.15. The summed E-state index contributed by atoms with van der Waals surface area (Å²) in [5.74, 6) is 0.645. The lowest BCUT2D eigenvalue weighted by atomic mass is 9.84. The molecule has 3 rings (SSSR count). The Labute approximate surface area is 134 Å². The summed E-state index contributed by atoms with van der Waals surface area (Å²) in [5.41, 5.74) is 6.73. The highest BCUT2D eigenvalue weighted by Gasteiger charge is 2.49. The maximum absolute atomic E-state index is 12.6. The van der Waals surface area contributed by atoms with Crippen molar-refractivity contribution in [2.24, 2.45) is 23.5 Å². The third-order valence-corrected chi connectivity index (χ3v) is 5.24. The Morgan fingerprint density at radius 1 is 1.30 bits per heavy atom. The predicted octanol–water partition coefficient (Wildman–Crippen LogP) is 2.84. The molecular weight excluding hydrogens is 302 g/mol. The third-order valence-electron chi connectivity index (χ3n) is 5.24. The first-order chi connectivity index (χ1) is 11.0. The minimum Gasteiger partial charge on any atom is -0.434 e. The Morgan fingerprint density at radius 3 is 2.65 bits per heavy atom. The zero-order valence-corrected chi connectivity index (χ0v) is 13.0. The number of nitrogens with one attached hydrogen (secondary N) is 1. The number of fused-ring (bicyclic) bond motifs is 2. The van der Waals surface area contributed by atoms with Gasteiger partial charge < -0.3 is 15.8 Å². The third kappa shape index (κ3) is 3.17. The Hall–Kier alpha value is -1.69. The number of ether oxygens (including phenoxy) is 1. The lowest BCUT2D eigenvalue weighted by molar-refractivity contribution is -0.127. The minimum atomic E-state index is -2.89. The molecule has 0 saturated heterocycles. The van der Waals surface area contributed by atoms with E-state index in [0.717, 1.165) is 19.3 Å². The summed E-state index contributed by atoms with van der Waals surface area (Å²) in [6, 6.07) is 6.02. The Balaban J connectivity index is 1.70. The van der Waals surface area contributed by atoms with Crippen LogP contribution in [0.4, 0.5) is 8.78 Å². The standard InChI is InChI=1S/C17H22F2N2O2/c1-9(12-4-2-3-5-13(12)23-17(18)19)21-16(22)14-10-6-7-11(8-10)15(14)20/h2-5,9-11,14-15,17H,6-8,20H2,1H3,(H,21,22).